The SMILES string of the molecule is CCCNc1cncc(NCC2CCOC2CC)c1. The van der Waals surface area contributed by atoms with Crippen LogP contribution in [0.1, 0.15) is 33.1 Å². The molecule has 1 aromatic rings. The number of anilines is 2. The van der Waals surface area contributed by atoms with Gasteiger partial charge in [0.05, 0.1) is 29.9 Å². The number of hydrogen-bond acceptors (Lipinski definition) is 4. The molecule has 2 rings (SSSR count). The number of ether oxygens (including phenoxy) is 1. The molecule has 0 aliphatic carbocycles. The molecule has 2 unspecified atom stereocenters. The van der Waals surface area contributed by atoms with Gasteiger partial charge < -0.3 is 15.4 Å². The summed E-state index contributed by atoms with van der Waals surface area (Å²) in [6.07, 6.45) is 7.55. The zero-order valence-corrected chi connectivity index (χ0v) is 12.0. The minimum absolute atomic E-state index is 0.418. The van der Waals surface area contributed by atoms with Crippen molar-refractivity contribution >= 4 is 11.4 Å². The van der Waals surface area contributed by atoms with Crippen LogP contribution in [0.25, 0.3) is 0 Å². The molecule has 1 aliphatic heterocycles. The Morgan fingerprint density at radius 3 is 2.79 bits per heavy atom. The quantitative estimate of drug-likeness (QED) is 0.793. The van der Waals surface area contributed by atoms with Gasteiger partial charge in [-0.05, 0) is 25.3 Å². The van der Waals surface area contributed by atoms with Crippen molar-refractivity contribution in [2.24, 2.45) is 5.92 Å². The highest BCUT2D eigenvalue weighted by atomic mass is 16.5. The first kappa shape index (κ1) is 14.1. The van der Waals surface area contributed by atoms with Crippen LogP contribution in [-0.4, -0.2) is 30.8 Å². The lowest BCUT2D eigenvalue weighted by Gasteiger charge is -2.18. The van der Waals surface area contributed by atoms with Crippen LogP contribution in [0.2, 0.25) is 0 Å². The highest BCUT2D eigenvalue weighted by molar-refractivity contribution is 5.53. The molecule has 2 N–H and O–H groups in total. The van der Waals surface area contributed by atoms with E-state index in [1.807, 2.05) is 12.4 Å². The van der Waals surface area contributed by atoms with E-state index in [1.165, 1.54) is 0 Å². The van der Waals surface area contributed by atoms with Crippen molar-refractivity contribution in [3.05, 3.63) is 18.5 Å². The topological polar surface area (TPSA) is 46.2 Å². The fraction of sp³-hybridized carbons (Fsp3) is 0.667. The lowest BCUT2D eigenvalue weighted by molar-refractivity contribution is 0.0900. The molecular formula is C15H25N3O. The van der Waals surface area contributed by atoms with Gasteiger partial charge in [0.2, 0.25) is 0 Å². The van der Waals surface area contributed by atoms with E-state index in [1.54, 1.807) is 0 Å². The predicted molar refractivity (Wildman–Crippen MR) is 79.6 cm³/mol. The van der Waals surface area contributed by atoms with Crippen molar-refractivity contribution in [3.63, 3.8) is 0 Å². The summed E-state index contributed by atoms with van der Waals surface area (Å²) in [5.74, 6) is 0.622. The first-order valence-electron chi connectivity index (χ1n) is 7.37. The molecule has 4 heteroatoms. The van der Waals surface area contributed by atoms with E-state index >= 15 is 0 Å². The number of nitrogens with zero attached hydrogens (tertiary/aromatic N) is 1. The maximum atomic E-state index is 5.71. The van der Waals surface area contributed by atoms with Crippen molar-refractivity contribution in [1.29, 1.82) is 0 Å². The first-order valence-corrected chi connectivity index (χ1v) is 7.37. The molecule has 1 saturated heterocycles. The molecule has 19 heavy (non-hydrogen) atoms. The summed E-state index contributed by atoms with van der Waals surface area (Å²) in [5, 5.41) is 6.84. The van der Waals surface area contributed by atoms with Gasteiger partial charge in [-0.2, -0.15) is 0 Å². The van der Waals surface area contributed by atoms with E-state index in [0.717, 1.165) is 50.3 Å². The molecule has 2 heterocycles. The van der Waals surface area contributed by atoms with Crippen molar-refractivity contribution in [3.8, 4) is 0 Å². The lowest BCUT2D eigenvalue weighted by atomic mass is 10.00. The van der Waals surface area contributed by atoms with Crippen LogP contribution in [0.3, 0.4) is 0 Å². The molecule has 0 bridgehead atoms. The minimum atomic E-state index is 0.418. The molecule has 1 aliphatic rings. The third-order valence-electron chi connectivity index (χ3n) is 3.63. The van der Waals surface area contributed by atoms with Gasteiger partial charge in [0, 0.05) is 25.6 Å². The van der Waals surface area contributed by atoms with Crippen molar-refractivity contribution < 1.29 is 4.74 Å². The summed E-state index contributed by atoms with van der Waals surface area (Å²) in [4.78, 5) is 4.27. The van der Waals surface area contributed by atoms with Crippen LogP contribution in [0.4, 0.5) is 11.4 Å². The van der Waals surface area contributed by atoms with Crippen LogP contribution in [0.5, 0.6) is 0 Å². The fourth-order valence-corrected chi connectivity index (χ4v) is 2.53. The van der Waals surface area contributed by atoms with Gasteiger partial charge in [-0.3, -0.25) is 4.98 Å². The number of rotatable bonds is 7. The Hall–Kier alpha value is -1.29. The second kappa shape index (κ2) is 7.34. The molecule has 106 valence electrons. The second-order valence-corrected chi connectivity index (χ2v) is 5.14. The zero-order valence-electron chi connectivity index (χ0n) is 12.0. The van der Waals surface area contributed by atoms with Gasteiger partial charge in [0.15, 0.2) is 0 Å². The summed E-state index contributed by atoms with van der Waals surface area (Å²) in [6.45, 7) is 7.21. The third-order valence-corrected chi connectivity index (χ3v) is 3.63. The van der Waals surface area contributed by atoms with Crippen molar-refractivity contribution in [2.75, 3.05) is 30.3 Å². The molecule has 1 aromatic heterocycles. The largest absolute Gasteiger partial charge is 0.384 e. The predicted octanol–water partition coefficient (Wildman–Crippen LogP) is 3.13. The van der Waals surface area contributed by atoms with Gasteiger partial charge in [-0.25, -0.2) is 0 Å². The normalized spacial score (nSPS) is 22.4. The number of aromatic nitrogens is 1. The molecular weight excluding hydrogens is 238 g/mol. The van der Waals surface area contributed by atoms with E-state index < -0.39 is 0 Å². The Morgan fingerprint density at radius 1 is 1.26 bits per heavy atom. The minimum Gasteiger partial charge on any atom is -0.384 e. The zero-order chi connectivity index (χ0) is 13.5. The molecule has 0 amide bonds. The van der Waals surface area contributed by atoms with Crippen LogP contribution >= 0.6 is 0 Å². The molecule has 0 spiro atoms. The third kappa shape index (κ3) is 4.10. The average Bonchev–Trinajstić information content (AvgIpc) is 2.91. The van der Waals surface area contributed by atoms with Gasteiger partial charge >= 0.3 is 0 Å². The Labute approximate surface area is 116 Å². The van der Waals surface area contributed by atoms with Crippen molar-refractivity contribution in [2.45, 2.75) is 39.2 Å². The monoisotopic (exact) mass is 263 g/mol. The van der Waals surface area contributed by atoms with E-state index in [0.29, 0.717) is 12.0 Å². The van der Waals surface area contributed by atoms with Crippen LogP contribution in [-0.2, 0) is 4.74 Å². The second-order valence-electron chi connectivity index (χ2n) is 5.14. The highest BCUT2D eigenvalue weighted by Crippen LogP contribution is 2.24. The maximum absolute atomic E-state index is 5.71. The molecule has 1 fully saturated rings. The van der Waals surface area contributed by atoms with Gasteiger partial charge in [0.1, 0.15) is 0 Å². The molecule has 0 saturated carbocycles. The lowest BCUT2D eigenvalue weighted by Crippen LogP contribution is -2.22. The smallest absolute Gasteiger partial charge is 0.0618 e. The van der Waals surface area contributed by atoms with E-state index in [9.17, 15) is 0 Å². The number of hydrogen-bond donors (Lipinski definition) is 2. The molecule has 0 radical (unpaired) electrons. The van der Waals surface area contributed by atoms with Crippen molar-refractivity contribution in [1.82, 2.24) is 4.98 Å². The van der Waals surface area contributed by atoms with Crippen LogP contribution in [0.15, 0.2) is 18.5 Å². The average molecular weight is 263 g/mol. The van der Waals surface area contributed by atoms with E-state index in [-0.39, 0.29) is 0 Å². The van der Waals surface area contributed by atoms with E-state index in [2.05, 4.69) is 35.5 Å². The summed E-state index contributed by atoms with van der Waals surface area (Å²) in [5.41, 5.74) is 2.17. The highest BCUT2D eigenvalue weighted by Gasteiger charge is 2.26. The molecule has 2 atom stereocenters. The van der Waals surface area contributed by atoms with Crippen LogP contribution < -0.4 is 10.6 Å². The van der Waals surface area contributed by atoms with E-state index in [4.69, 9.17) is 4.74 Å². The summed E-state index contributed by atoms with van der Waals surface area (Å²) >= 11 is 0. The standard InChI is InChI=1S/C15H25N3O/c1-3-6-17-13-8-14(11-16-10-13)18-9-12-5-7-19-15(12)4-2/h8,10-12,15,17-18H,3-7,9H2,1-2H3. The van der Waals surface area contributed by atoms with Gasteiger partial charge in [0.25, 0.3) is 0 Å². The Kier molecular flexibility index (Phi) is 5.45. The maximum Gasteiger partial charge on any atom is 0.0618 e. The number of pyridine rings is 1. The Balaban J connectivity index is 1.85. The summed E-state index contributed by atoms with van der Waals surface area (Å²) in [6, 6.07) is 2.12. The summed E-state index contributed by atoms with van der Waals surface area (Å²) in [7, 11) is 0. The van der Waals surface area contributed by atoms with Gasteiger partial charge in [-0.15, -0.1) is 0 Å². The van der Waals surface area contributed by atoms with Crippen LogP contribution in [0, 0.1) is 5.92 Å². The first-order chi connectivity index (χ1) is 9.33. The Morgan fingerprint density at radius 2 is 2.05 bits per heavy atom. The molecule has 4 nitrogen and oxygen atoms in total. The Bertz CT molecular complexity index is 383. The summed E-state index contributed by atoms with van der Waals surface area (Å²) < 4.78 is 5.71. The molecule has 0 aromatic carbocycles. The number of nitrogens with one attached hydrogen (secondary N) is 2. The fourth-order valence-electron chi connectivity index (χ4n) is 2.53. The van der Waals surface area contributed by atoms with Gasteiger partial charge in [-0.1, -0.05) is 13.8 Å².